The minimum Gasteiger partial charge on any atom is -0.315 e. The van der Waals surface area contributed by atoms with E-state index in [2.05, 4.69) is 11.4 Å². The zero-order valence-corrected chi connectivity index (χ0v) is 11.6. The van der Waals surface area contributed by atoms with Crippen LogP contribution in [0.1, 0.15) is 32.8 Å². The first-order valence-electron chi connectivity index (χ1n) is 6.46. The minimum absolute atomic E-state index is 0.0480. The van der Waals surface area contributed by atoms with Gasteiger partial charge in [0, 0.05) is 18.5 Å². The third-order valence-corrected chi connectivity index (χ3v) is 3.29. The van der Waals surface area contributed by atoms with Crippen LogP contribution in [0, 0.1) is 28.9 Å². The Morgan fingerprint density at radius 2 is 2.05 bits per heavy atom. The zero-order chi connectivity index (χ0) is 14.5. The van der Waals surface area contributed by atoms with E-state index in [0.717, 1.165) is 18.6 Å². The summed E-state index contributed by atoms with van der Waals surface area (Å²) in [6, 6.07) is 5.70. The Hall–Kier alpha value is -1.47. The molecule has 0 aliphatic heterocycles. The van der Waals surface area contributed by atoms with Crippen molar-refractivity contribution in [2.45, 2.75) is 32.6 Å². The first-order valence-corrected chi connectivity index (χ1v) is 6.46. The summed E-state index contributed by atoms with van der Waals surface area (Å²) in [6.07, 6.45) is 0.776. The Kier molecular flexibility index (Phi) is 5.44. The number of halogens is 2. The molecule has 0 aliphatic carbocycles. The summed E-state index contributed by atoms with van der Waals surface area (Å²) in [5.41, 5.74) is -0.176. The highest BCUT2D eigenvalue weighted by molar-refractivity contribution is 5.26. The van der Waals surface area contributed by atoms with Crippen molar-refractivity contribution in [3.8, 4) is 6.07 Å². The van der Waals surface area contributed by atoms with Crippen LogP contribution in [0.4, 0.5) is 8.78 Å². The molecule has 1 aromatic carbocycles. The van der Waals surface area contributed by atoms with Gasteiger partial charge in [-0.05, 0) is 30.2 Å². The van der Waals surface area contributed by atoms with Gasteiger partial charge in [-0.15, -0.1) is 0 Å². The second-order valence-electron chi connectivity index (χ2n) is 5.37. The standard InChI is InChI=1S/C15H20F2N2/c1-4-11(8-18)9-19-10-15(2,3)13-7-12(16)5-6-14(13)17/h5-7,11,19H,4,9-10H2,1-3H3. The van der Waals surface area contributed by atoms with Crippen LogP contribution in [-0.2, 0) is 5.41 Å². The van der Waals surface area contributed by atoms with Crippen LogP contribution in [0.25, 0.3) is 0 Å². The molecule has 0 fully saturated rings. The molecule has 104 valence electrons. The van der Waals surface area contributed by atoms with Gasteiger partial charge >= 0.3 is 0 Å². The van der Waals surface area contributed by atoms with Crippen LogP contribution in [0.3, 0.4) is 0 Å². The number of nitrogens with zero attached hydrogens (tertiary/aromatic N) is 1. The molecule has 0 aliphatic rings. The summed E-state index contributed by atoms with van der Waals surface area (Å²) >= 11 is 0. The quantitative estimate of drug-likeness (QED) is 0.856. The van der Waals surface area contributed by atoms with Crippen molar-refractivity contribution in [3.05, 3.63) is 35.4 Å². The van der Waals surface area contributed by atoms with E-state index >= 15 is 0 Å². The largest absolute Gasteiger partial charge is 0.315 e. The van der Waals surface area contributed by atoms with E-state index < -0.39 is 17.0 Å². The summed E-state index contributed by atoms with van der Waals surface area (Å²) in [5.74, 6) is -0.887. The van der Waals surface area contributed by atoms with E-state index in [0.29, 0.717) is 18.7 Å². The summed E-state index contributed by atoms with van der Waals surface area (Å²) in [7, 11) is 0. The van der Waals surface area contributed by atoms with Crippen molar-refractivity contribution in [3.63, 3.8) is 0 Å². The zero-order valence-electron chi connectivity index (χ0n) is 11.6. The number of benzene rings is 1. The molecular weight excluding hydrogens is 246 g/mol. The number of hydrogen-bond acceptors (Lipinski definition) is 2. The minimum atomic E-state index is -0.528. The Morgan fingerprint density at radius 1 is 1.37 bits per heavy atom. The average Bonchev–Trinajstić information content (AvgIpc) is 2.37. The molecule has 1 atom stereocenters. The molecule has 0 spiro atoms. The lowest BCUT2D eigenvalue weighted by molar-refractivity contribution is 0.424. The van der Waals surface area contributed by atoms with Crippen LogP contribution in [0.15, 0.2) is 18.2 Å². The van der Waals surface area contributed by atoms with Gasteiger partial charge in [-0.3, -0.25) is 0 Å². The van der Waals surface area contributed by atoms with Crippen molar-refractivity contribution in [1.29, 1.82) is 5.26 Å². The van der Waals surface area contributed by atoms with Crippen LogP contribution in [0.2, 0.25) is 0 Å². The van der Waals surface area contributed by atoms with Crippen molar-refractivity contribution in [2.24, 2.45) is 5.92 Å². The molecule has 1 N–H and O–H groups in total. The highest BCUT2D eigenvalue weighted by Gasteiger charge is 2.24. The number of nitriles is 1. The molecule has 0 bridgehead atoms. The van der Waals surface area contributed by atoms with Gasteiger partial charge < -0.3 is 5.32 Å². The maximum atomic E-state index is 13.7. The normalized spacial score (nSPS) is 13.1. The molecule has 4 heteroatoms. The molecule has 0 aromatic heterocycles. The van der Waals surface area contributed by atoms with Gasteiger partial charge in [0.05, 0.1) is 12.0 Å². The SMILES string of the molecule is CCC(C#N)CNCC(C)(C)c1cc(F)ccc1F. The molecule has 0 saturated heterocycles. The van der Waals surface area contributed by atoms with Crippen molar-refractivity contribution in [2.75, 3.05) is 13.1 Å². The van der Waals surface area contributed by atoms with Crippen LogP contribution >= 0.6 is 0 Å². The van der Waals surface area contributed by atoms with Gasteiger partial charge in [-0.2, -0.15) is 5.26 Å². The third-order valence-electron chi connectivity index (χ3n) is 3.29. The fraction of sp³-hybridized carbons (Fsp3) is 0.533. The lowest BCUT2D eigenvalue weighted by Crippen LogP contribution is -2.36. The fourth-order valence-corrected chi connectivity index (χ4v) is 1.95. The molecule has 2 nitrogen and oxygen atoms in total. The average molecular weight is 266 g/mol. The van der Waals surface area contributed by atoms with E-state index in [4.69, 9.17) is 5.26 Å². The molecule has 1 aromatic rings. The number of nitrogens with one attached hydrogen (secondary N) is 1. The molecular formula is C15H20F2N2. The van der Waals surface area contributed by atoms with Gasteiger partial charge in [-0.25, -0.2) is 8.78 Å². The fourth-order valence-electron chi connectivity index (χ4n) is 1.95. The van der Waals surface area contributed by atoms with E-state index in [1.54, 1.807) is 0 Å². The molecule has 1 rings (SSSR count). The van der Waals surface area contributed by atoms with Gasteiger partial charge in [0.2, 0.25) is 0 Å². The van der Waals surface area contributed by atoms with E-state index in [1.165, 1.54) is 6.07 Å². The molecule has 0 amide bonds. The number of rotatable bonds is 6. The Bertz CT molecular complexity index is 464. The monoisotopic (exact) mass is 266 g/mol. The summed E-state index contributed by atoms with van der Waals surface area (Å²) in [5, 5.41) is 12.0. The van der Waals surface area contributed by atoms with E-state index in [-0.39, 0.29) is 5.92 Å². The second kappa shape index (κ2) is 6.63. The van der Waals surface area contributed by atoms with Crippen LogP contribution < -0.4 is 5.32 Å². The van der Waals surface area contributed by atoms with Crippen molar-refractivity contribution in [1.82, 2.24) is 5.32 Å². The highest BCUT2D eigenvalue weighted by Crippen LogP contribution is 2.25. The third kappa shape index (κ3) is 4.29. The lowest BCUT2D eigenvalue weighted by atomic mass is 9.84. The predicted molar refractivity (Wildman–Crippen MR) is 71.6 cm³/mol. The second-order valence-corrected chi connectivity index (χ2v) is 5.37. The van der Waals surface area contributed by atoms with Crippen LogP contribution in [-0.4, -0.2) is 13.1 Å². The van der Waals surface area contributed by atoms with Gasteiger partial charge in [-0.1, -0.05) is 20.8 Å². The molecule has 19 heavy (non-hydrogen) atoms. The van der Waals surface area contributed by atoms with Crippen molar-refractivity contribution < 1.29 is 8.78 Å². The smallest absolute Gasteiger partial charge is 0.127 e. The highest BCUT2D eigenvalue weighted by atomic mass is 19.1. The number of hydrogen-bond donors (Lipinski definition) is 1. The lowest BCUT2D eigenvalue weighted by Gasteiger charge is -2.26. The Morgan fingerprint density at radius 3 is 2.63 bits per heavy atom. The topological polar surface area (TPSA) is 35.8 Å². The van der Waals surface area contributed by atoms with E-state index in [1.807, 2.05) is 20.8 Å². The Balaban J connectivity index is 2.70. The first kappa shape index (κ1) is 15.6. The molecule has 0 radical (unpaired) electrons. The van der Waals surface area contributed by atoms with Gasteiger partial charge in [0.1, 0.15) is 11.6 Å². The van der Waals surface area contributed by atoms with Gasteiger partial charge in [0.15, 0.2) is 0 Å². The van der Waals surface area contributed by atoms with Gasteiger partial charge in [0.25, 0.3) is 0 Å². The molecule has 1 unspecified atom stereocenters. The first-order chi connectivity index (χ1) is 8.90. The maximum Gasteiger partial charge on any atom is 0.127 e. The van der Waals surface area contributed by atoms with E-state index in [9.17, 15) is 8.78 Å². The Labute approximate surface area is 113 Å². The maximum absolute atomic E-state index is 13.7. The van der Waals surface area contributed by atoms with Crippen molar-refractivity contribution >= 4 is 0 Å². The van der Waals surface area contributed by atoms with Crippen LogP contribution in [0.5, 0.6) is 0 Å². The summed E-state index contributed by atoms with van der Waals surface area (Å²) in [6.45, 7) is 6.71. The molecule has 0 heterocycles. The molecule has 0 saturated carbocycles. The summed E-state index contributed by atoms with van der Waals surface area (Å²) in [4.78, 5) is 0. The predicted octanol–water partition coefficient (Wildman–Crippen LogP) is 3.38. The summed E-state index contributed by atoms with van der Waals surface area (Å²) < 4.78 is 26.9.